The third-order valence-corrected chi connectivity index (χ3v) is 3.63. The predicted octanol–water partition coefficient (Wildman–Crippen LogP) is 1.94. The van der Waals surface area contributed by atoms with Crippen molar-refractivity contribution in [1.82, 2.24) is 4.98 Å². The van der Waals surface area contributed by atoms with Crippen LogP contribution in [-0.2, 0) is 6.42 Å². The number of aromatic nitrogens is 1. The average Bonchev–Trinajstić information content (AvgIpc) is 2.69. The van der Waals surface area contributed by atoms with Crippen molar-refractivity contribution in [3.8, 4) is 0 Å². The Morgan fingerprint density at radius 1 is 1.31 bits per heavy atom. The highest BCUT2D eigenvalue weighted by Crippen LogP contribution is 2.22. The van der Waals surface area contributed by atoms with Gasteiger partial charge in [-0.2, -0.15) is 0 Å². The molecule has 2 rings (SSSR count). The van der Waals surface area contributed by atoms with Gasteiger partial charge >= 0.3 is 0 Å². The first-order valence-electron chi connectivity index (χ1n) is 5.52. The van der Waals surface area contributed by atoms with Crippen LogP contribution in [0.3, 0.4) is 0 Å². The summed E-state index contributed by atoms with van der Waals surface area (Å²) < 4.78 is 1.21. The summed E-state index contributed by atoms with van der Waals surface area (Å²) in [7, 11) is 0. The molecule has 0 radical (unpaired) electrons. The Hall–Kier alpha value is -0.970. The minimum absolute atomic E-state index is 0.294. The van der Waals surface area contributed by atoms with Crippen LogP contribution in [-0.4, -0.2) is 22.7 Å². The first-order valence-corrected chi connectivity index (χ1v) is 6.34. The molecule has 0 fully saturated rings. The fourth-order valence-electron chi connectivity index (χ4n) is 1.65. The van der Waals surface area contributed by atoms with Gasteiger partial charge in [-0.05, 0) is 31.5 Å². The maximum atomic E-state index is 9.58. The Morgan fingerprint density at radius 2 is 2.12 bits per heavy atom. The van der Waals surface area contributed by atoms with Gasteiger partial charge in [-0.25, -0.2) is 4.98 Å². The van der Waals surface area contributed by atoms with Crippen molar-refractivity contribution in [3.63, 3.8) is 0 Å². The van der Waals surface area contributed by atoms with Crippen molar-refractivity contribution < 1.29 is 5.11 Å². The van der Waals surface area contributed by atoms with Gasteiger partial charge in [-0.3, -0.25) is 0 Å². The average molecular weight is 236 g/mol. The Morgan fingerprint density at radius 3 is 2.88 bits per heavy atom. The summed E-state index contributed by atoms with van der Waals surface area (Å²) in [5.41, 5.74) is 6.44. The van der Waals surface area contributed by atoms with Crippen LogP contribution < -0.4 is 5.73 Å². The number of fused-ring (bicyclic) bond motifs is 1. The molecule has 0 saturated heterocycles. The molecule has 16 heavy (non-hydrogen) atoms. The summed E-state index contributed by atoms with van der Waals surface area (Å²) in [6.45, 7) is 0.543. The van der Waals surface area contributed by atoms with Gasteiger partial charge in [0.1, 0.15) is 0 Å². The summed E-state index contributed by atoms with van der Waals surface area (Å²) in [5, 5.41) is 10.7. The lowest BCUT2D eigenvalue weighted by atomic mass is 10.1. The van der Waals surface area contributed by atoms with Crippen LogP contribution in [0.1, 0.15) is 17.8 Å². The molecule has 3 N–H and O–H groups in total. The monoisotopic (exact) mass is 236 g/mol. The lowest BCUT2D eigenvalue weighted by molar-refractivity contribution is 0.157. The summed E-state index contributed by atoms with van der Waals surface area (Å²) in [5.74, 6) is 0. The fraction of sp³-hybridized carbons (Fsp3) is 0.417. The van der Waals surface area contributed by atoms with Crippen LogP contribution in [0.4, 0.5) is 0 Å². The van der Waals surface area contributed by atoms with Crippen molar-refractivity contribution in [2.45, 2.75) is 25.4 Å². The van der Waals surface area contributed by atoms with E-state index in [1.807, 2.05) is 18.2 Å². The third-order valence-electron chi connectivity index (χ3n) is 2.53. The first-order chi connectivity index (χ1) is 7.79. The highest BCUT2D eigenvalue weighted by molar-refractivity contribution is 7.18. The second-order valence-corrected chi connectivity index (χ2v) is 4.96. The molecule has 2 aromatic rings. The molecule has 0 bridgehead atoms. The molecule has 1 atom stereocenters. The number of rotatable bonds is 5. The number of aliphatic hydroxyl groups is 1. The van der Waals surface area contributed by atoms with E-state index in [1.165, 1.54) is 4.70 Å². The molecule has 0 spiro atoms. The quantitative estimate of drug-likeness (QED) is 0.834. The van der Waals surface area contributed by atoms with E-state index in [0.29, 0.717) is 13.0 Å². The maximum Gasteiger partial charge on any atom is 0.0939 e. The minimum Gasteiger partial charge on any atom is -0.393 e. The topological polar surface area (TPSA) is 59.1 Å². The second kappa shape index (κ2) is 5.39. The normalized spacial score (nSPS) is 13.1. The first kappa shape index (κ1) is 11.5. The van der Waals surface area contributed by atoms with E-state index >= 15 is 0 Å². The van der Waals surface area contributed by atoms with E-state index in [9.17, 15) is 5.11 Å². The van der Waals surface area contributed by atoms with Crippen LogP contribution in [0, 0.1) is 0 Å². The smallest absolute Gasteiger partial charge is 0.0939 e. The van der Waals surface area contributed by atoms with Gasteiger partial charge in [0.05, 0.1) is 21.3 Å². The second-order valence-electron chi connectivity index (χ2n) is 3.85. The molecular weight excluding hydrogens is 220 g/mol. The number of nitrogens with two attached hydrogens (primary N) is 1. The van der Waals surface area contributed by atoms with Crippen molar-refractivity contribution in [1.29, 1.82) is 0 Å². The number of thiazole rings is 1. The number of hydrogen-bond donors (Lipinski definition) is 2. The van der Waals surface area contributed by atoms with E-state index < -0.39 is 0 Å². The molecule has 1 aromatic heterocycles. The molecule has 4 heteroatoms. The highest BCUT2D eigenvalue weighted by atomic mass is 32.1. The van der Waals surface area contributed by atoms with Gasteiger partial charge in [-0.15, -0.1) is 11.3 Å². The zero-order valence-corrected chi connectivity index (χ0v) is 9.91. The SMILES string of the molecule is NCC[C@H](O)CCc1nc2ccccc2s1. The van der Waals surface area contributed by atoms with Crippen LogP contribution in [0.5, 0.6) is 0 Å². The van der Waals surface area contributed by atoms with E-state index in [0.717, 1.165) is 23.4 Å². The number of benzene rings is 1. The van der Waals surface area contributed by atoms with Crippen LogP contribution in [0.25, 0.3) is 10.2 Å². The predicted molar refractivity (Wildman–Crippen MR) is 67.6 cm³/mol. The molecule has 0 aliphatic rings. The van der Waals surface area contributed by atoms with Gasteiger partial charge in [0.15, 0.2) is 0 Å². The summed E-state index contributed by atoms with van der Waals surface area (Å²) in [6, 6.07) is 8.11. The summed E-state index contributed by atoms with van der Waals surface area (Å²) >= 11 is 1.70. The van der Waals surface area contributed by atoms with Gasteiger partial charge in [0.2, 0.25) is 0 Å². The molecule has 0 saturated carbocycles. The summed E-state index contributed by atoms with van der Waals surface area (Å²) in [6.07, 6.45) is 1.96. The van der Waals surface area contributed by atoms with E-state index in [4.69, 9.17) is 5.73 Å². The summed E-state index contributed by atoms with van der Waals surface area (Å²) in [4.78, 5) is 4.52. The van der Waals surface area contributed by atoms with E-state index in [1.54, 1.807) is 11.3 Å². The lowest BCUT2D eigenvalue weighted by Gasteiger charge is -2.06. The van der Waals surface area contributed by atoms with Crippen LogP contribution >= 0.6 is 11.3 Å². The lowest BCUT2D eigenvalue weighted by Crippen LogP contribution is -2.13. The Bertz CT molecular complexity index is 422. The number of nitrogens with zero attached hydrogens (tertiary/aromatic N) is 1. The molecule has 3 nitrogen and oxygen atoms in total. The molecule has 0 aliphatic heterocycles. The largest absolute Gasteiger partial charge is 0.393 e. The van der Waals surface area contributed by atoms with Crippen LogP contribution in [0.15, 0.2) is 24.3 Å². The van der Waals surface area contributed by atoms with Crippen molar-refractivity contribution in [2.75, 3.05) is 6.54 Å². The number of para-hydroxylation sites is 1. The van der Waals surface area contributed by atoms with Crippen LogP contribution in [0.2, 0.25) is 0 Å². The Kier molecular flexibility index (Phi) is 3.88. The molecular formula is C12H16N2OS. The van der Waals surface area contributed by atoms with E-state index in [2.05, 4.69) is 11.1 Å². The van der Waals surface area contributed by atoms with Gasteiger partial charge in [-0.1, -0.05) is 12.1 Å². The molecule has 0 unspecified atom stereocenters. The van der Waals surface area contributed by atoms with Gasteiger partial charge in [0.25, 0.3) is 0 Å². The van der Waals surface area contributed by atoms with Crippen molar-refractivity contribution in [2.24, 2.45) is 5.73 Å². The maximum absolute atomic E-state index is 9.58. The van der Waals surface area contributed by atoms with Crippen molar-refractivity contribution >= 4 is 21.6 Å². The molecule has 0 aliphatic carbocycles. The Balaban J connectivity index is 1.99. The number of aryl methyl sites for hydroxylation is 1. The van der Waals surface area contributed by atoms with Gasteiger partial charge in [0, 0.05) is 6.42 Å². The Labute approximate surface area is 98.9 Å². The molecule has 0 amide bonds. The molecule has 1 aromatic carbocycles. The third kappa shape index (κ3) is 2.78. The standard InChI is InChI=1S/C12H16N2OS/c13-8-7-9(15)5-6-12-14-10-3-1-2-4-11(10)16-12/h1-4,9,15H,5-8,13H2/t9-/m1/s1. The van der Waals surface area contributed by atoms with Gasteiger partial charge < -0.3 is 10.8 Å². The van der Waals surface area contributed by atoms with Crippen molar-refractivity contribution in [3.05, 3.63) is 29.3 Å². The zero-order chi connectivity index (χ0) is 11.4. The highest BCUT2D eigenvalue weighted by Gasteiger charge is 2.07. The fourth-order valence-corrected chi connectivity index (χ4v) is 2.64. The molecule has 86 valence electrons. The zero-order valence-electron chi connectivity index (χ0n) is 9.10. The number of hydrogen-bond acceptors (Lipinski definition) is 4. The number of aliphatic hydroxyl groups excluding tert-OH is 1. The minimum atomic E-state index is -0.294. The van der Waals surface area contributed by atoms with E-state index in [-0.39, 0.29) is 6.10 Å². The molecule has 1 heterocycles.